The maximum Gasteiger partial charge on any atom is 0.355 e. The number of fused-ring (bicyclic) bond motifs is 7. The van der Waals surface area contributed by atoms with Crippen molar-refractivity contribution < 1.29 is 24.6 Å². The van der Waals surface area contributed by atoms with Gasteiger partial charge in [-0.25, -0.2) is 14.6 Å². The molecule has 3 N–H and O–H groups in total. The van der Waals surface area contributed by atoms with Crippen molar-refractivity contribution in [3.05, 3.63) is 64.2 Å². The number of carboxylic acids is 2. The largest absolute Gasteiger partial charge is 0.478 e. The molecule has 50 heavy (non-hydrogen) atoms. The average molecular weight is 699 g/mol. The summed E-state index contributed by atoms with van der Waals surface area (Å²) in [6.45, 7) is 20.9. The maximum atomic E-state index is 14.5. The first-order valence-electron chi connectivity index (χ1n) is 18.6. The van der Waals surface area contributed by atoms with Crippen LogP contribution in [0.5, 0.6) is 0 Å². The molecule has 4 saturated carbocycles. The molecule has 0 saturated heterocycles. The van der Waals surface area contributed by atoms with Crippen LogP contribution >= 0.6 is 11.3 Å². The number of anilines is 1. The first-order chi connectivity index (χ1) is 23.4. The van der Waals surface area contributed by atoms with E-state index in [0.29, 0.717) is 33.3 Å². The molecule has 5 aliphatic rings. The van der Waals surface area contributed by atoms with Crippen LogP contribution in [0.1, 0.15) is 131 Å². The zero-order chi connectivity index (χ0) is 36.2. The van der Waals surface area contributed by atoms with Gasteiger partial charge in [-0.1, -0.05) is 65.0 Å². The SMILES string of the molecule is C=C(C)C1CCC2(C(=O)Nc3nc(C(=O)O)c(C)s3)CCC3(C)C(CCC4C5(C)CC=C(c6ccc(C(=O)O)cc6)C(C)(C)C5CCC43C)C12. The second-order valence-electron chi connectivity index (χ2n) is 18.0. The summed E-state index contributed by atoms with van der Waals surface area (Å²) in [6.07, 6.45) is 11.7. The number of benzene rings is 1. The number of amides is 1. The third kappa shape index (κ3) is 4.79. The van der Waals surface area contributed by atoms with Crippen LogP contribution < -0.4 is 5.32 Å². The van der Waals surface area contributed by atoms with E-state index in [4.69, 9.17) is 0 Å². The molecule has 7 rings (SSSR count). The second-order valence-corrected chi connectivity index (χ2v) is 19.2. The van der Waals surface area contributed by atoms with E-state index in [0.717, 1.165) is 56.9 Å². The lowest BCUT2D eigenvalue weighted by molar-refractivity contribution is -0.224. The van der Waals surface area contributed by atoms with Crippen molar-refractivity contribution in [3.8, 4) is 0 Å². The Bertz CT molecular complexity index is 1810. The summed E-state index contributed by atoms with van der Waals surface area (Å²) in [5.41, 5.74) is 3.76. The monoisotopic (exact) mass is 698 g/mol. The molecule has 1 amide bonds. The number of aryl methyl sites for hydroxylation is 1. The van der Waals surface area contributed by atoms with E-state index in [-0.39, 0.29) is 45.1 Å². The van der Waals surface area contributed by atoms with E-state index in [2.05, 4.69) is 64.5 Å². The van der Waals surface area contributed by atoms with E-state index < -0.39 is 17.4 Å². The molecule has 8 heteroatoms. The molecule has 5 aliphatic carbocycles. The summed E-state index contributed by atoms with van der Waals surface area (Å²) < 4.78 is 0. The van der Waals surface area contributed by atoms with Crippen molar-refractivity contribution in [2.24, 2.45) is 56.7 Å². The lowest BCUT2D eigenvalue weighted by Crippen LogP contribution is -2.66. The number of aromatic nitrogens is 1. The molecule has 0 spiro atoms. The van der Waals surface area contributed by atoms with Crippen molar-refractivity contribution in [2.45, 2.75) is 106 Å². The minimum Gasteiger partial charge on any atom is -0.478 e. The number of allylic oxidation sites excluding steroid dienone is 3. The van der Waals surface area contributed by atoms with Crippen LogP contribution in [0.15, 0.2) is 42.5 Å². The average Bonchev–Trinajstić information content (AvgIpc) is 3.62. The number of hydrogen-bond acceptors (Lipinski definition) is 5. The molecular formula is C42H54N2O5S. The lowest BCUT2D eigenvalue weighted by Gasteiger charge is -2.72. The molecule has 1 heterocycles. The highest BCUT2D eigenvalue weighted by Crippen LogP contribution is 2.77. The number of carboxylic acid groups (broad SMARTS) is 2. The van der Waals surface area contributed by atoms with Crippen LogP contribution in [0, 0.1) is 63.6 Å². The summed E-state index contributed by atoms with van der Waals surface area (Å²) >= 11 is 1.25. The van der Waals surface area contributed by atoms with Crippen molar-refractivity contribution in [1.29, 1.82) is 0 Å². The standard InChI is InChI=1S/C42H54N2O5S/c1-23(2)27-15-20-42(36(49)44-37-43-33(35(47)48)24(3)50-37)22-21-40(7)29(32(27)42)13-14-31-39(6)18-16-28(25-9-11-26(12-10-25)34(45)46)38(4,5)30(39)17-19-41(31,40)8/h9-12,16,27,29-32H,1,13-15,17-22H2,2-8H3,(H,45,46)(H,47,48)(H,43,44,49). The minimum atomic E-state index is -1.07. The van der Waals surface area contributed by atoms with E-state index in [1.54, 1.807) is 19.1 Å². The molecule has 9 unspecified atom stereocenters. The van der Waals surface area contributed by atoms with E-state index in [1.807, 2.05) is 12.1 Å². The summed E-state index contributed by atoms with van der Waals surface area (Å²) in [4.78, 5) is 42.7. The van der Waals surface area contributed by atoms with Gasteiger partial charge >= 0.3 is 11.9 Å². The predicted molar refractivity (Wildman–Crippen MR) is 198 cm³/mol. The van der Waals surface area contributed by atoms with E-state index in [9.17, 15) is 24.6 Å². The van der Waals surface area contributed by atoms with Gasteiger partial charge in [-0.15, -0.1) is 11.3 Å². The highest BCUT2D eigenvalue weighted by atomic mass is 32.1. The molecule has 1 aromatic heterocycles. The van der Waals surface area contributed by atoms with E-state index >= 15 is 0 Å². The van der Waals surface area contributed by atoms with Crippen molar-refractivity contribution in [3.63, 3.8) is 0 Å². The number of hydrogen-bond donors (Lipinski definition) is 3. The number of thiazole rings is 1. The fourth-order valence-corrected chi connectivity index (χ4v) is 14.1. The topological polar surface area (TPSA) is 117 Å². The molecule has 1 aromatic carbocycles. The smallest absolute Gasteiger partial charge is 0.355 e. The molecule has 7 nitrogen and oxygen atoms in total. The lowest BCUT2D eigenvalue weighted by atomic mass is 9.32. The van der Waals surface area contributed by atoms with E-state index in [1.165, 1.54) is 28.9 Å². The first-order valence-corrected chi connectivity index (χ1v) is 19.4. The van der Waals surface area contributed by atoms with Crippen molar-refractivity contribution in [2.75, 3.05) is 5.32 Å². The van der Waals surface area contributed by atoms with Gasteiger partial charge in [0.2, 0.25) is 5.91 Å². The number of rotatable bonds is 6. The van der Waals surface area contributed by atoms with Gasteiger partial charge in [-0.05, 0) is 146 Å². The Kier molecular flexibility index (Phi) is 8.17. The number of nitrogens with zero attached hydrogens (tertiary/aromatic N) is 1. The normalized spacial score (nSPS) is 38.5. The number of nitrogens with one attached hydrogen (secondary N) is 1. The van der Waals surface area contributed by atoms with Crippen LogP contribution in [0.3, 0.4) is 0 Å². The second kappa shape index (κ2) is 11.6. The first kappa shape index (κ1) is 35.2. The van der Waals surface area contributed by atoms with Gasteiger partial charge in [-0.2, -0.15) is 0 Å². The summed E-state index contributed by atoms with van der Waals surface area (Å²) in [5, 5.41) is 22.6. The minimum absolute atomic E-state index is 0.0149. The number of aromatic carboxylic acids is 2. The zero-order valence-corrected chi connectivity index (χ0v) is 31.6. The van der Waals surface area contributed by atoms with Crippen LogP contribution in [0.4, 0.5) is 5.13 Å². The molecule has 268 valence electrons. The molecular weight excluding hydrogens is 645 g/mol. The Morgan fingerprint density at radius 2 is 1.58 bits per heavy atom. The van der Waals surface area contributed by atoms with Gasteiger partial charge in [0, 0.05) is 4.88 Å². The maximum absolute atomic E-state index is 14.5. The Morgan fingerprint density at radius 1 is 0.880 bits per heavy atom. The van der Waals surface area contributed by atoms with Crippen LogP contribution in [0.2, 0.25) is 0 Å². The molecule has 4 fully saturated rings. The Balaban J connectivity index is 1.21. The summed E-state index contributed by atoms with van der Waals surface area (Å²) in [6, 6.07) is 7.45. The molecule has 0 bridgehead atoms. The van der Waals surface area contributed by atoms with Gasteiger partial charge in [0.25, 0.3) is 0 Å². The van der Waals surface area contributed by atoms with Crippen LogP contribution in [0.25, 0.3) is 5.57 Å². The van der Waals surface area contributed by atoms with Crippen LogP contribution in [-0.4, -0.2) is 33.0 Å². The highest BCUT2D eigenvalue weighted by Gasteiger charge is 2.71. The fourth-order valence-electron chi connectivity index (χ4n) is 13.3. The molecule has 9 atom stereocenters. The highest BCUT2D eigenvalue weighted by molar-refractivity contribution is 7.16. The molecule has 2 aromatic rings. The number of carbonyl (C=O) groups excluding carboxylic acids is 1. The third-order valence-corrected chi connectivity index (χ3v) is 16.6. The predicted octanol–water partition coefficient (Wildman–Crippen LogP) is 10.1. The van der Waals surface area contributed by atoms with Crippen molar-refractivity contribution >= 4 is 39.9 Å². The molecule has 0 aliphatic heterocycles. The van der Waals surface area contributed by atoms with Gasteiger partial charge in [0.05, 0.1) is 11.0 Å². The Hall–Kier alpha value is -3.26. The summed E-state index contributed by atoms with van der Waals surface area (Å²) in [7, 11) is 0. The Morgan fingerprint density at radius 3 is 2.20 bits per heavy atom. The third-order valence-electron chi connectivity index (χ3n) is 15.8. The Labute approximate surface area is 301 Å². The van der Waals surface area contributed by atoms with Crippen LogP contribution in [-0.2, 0) is 4.79 Å². The quantitative estimate of drug-likeness (QED) is 0.259. The number of carbonyl (C=O) groups is 3. The summed E-state index contributed by atoms with van der Waals surface area (Å²) in [5.74, 6) is 0.00630. The van der Waals surface area contributed by atoms with Crippen molar-refractivity contribution in [1.82, 2.24) is 4.98 Å². The molecule has 0 radical (unpaired) electrons. The van der Waals surface area contributed by atoms with Gasteiger partial charge < -0.3 is 15.5 Å². The zero-order valence-electron chi connectivity index (χ0n) is 30.8. The van der Waals surface area contributed by atoms with Gasteiger partial charge in [0.15, 0.2) is 10.8 Å². The van der Waals surface area contributed by atoms with Gasteiger partial charge in [0.1, 0.15) is 0 Å². The van der Waals surface area contributed by atoms with Gasteiger partial charge in [-0.3, -0.25) is 4.79 Å². The fraction of sp³-hybridized carbons (Fsp3) is 0.619.